The van der Waals surface area contributed by atoms with Crippen molar-refractivity contribution in [3.05, 3.63) is 64.2 Å². The summed E-state index contributed by atoms with van der Waals surface area (Å²) >= 11 is 0. The van der Waals surface area contributed by atoms with Crippen LogP contribution in [0.25, 0.3) is 0 Å². The number of ketones is 1. The van der Waals surface area contributed by atoms with Gasteiger partial charge in [-0.1, -0.05) is 153 Å². The van der Waals surface area contributed by atoms with Gasteiger partial charge in [-0.05, 0) is 6.42 Å². The topological polar surface area (TPSA) is 170 Å². The number of methoxy groups -OCH3 is 1. The third kappa shape index (κ3) is 9.21. The number of hydrogen-bond acceptors (Lipinski definition) is 11. The summed E-state index contributed by atoms with van der Waals surface area (Å²) in [6.45, 7) is 2.26. The Kier molecular flexibility index (Phi) is 15.1. The number of unbranched alkanes of at least 4 members (excludes halogenated alkanes) is 18. The molecular weight excluding hydrogens is 704 g/mol. The molecule has 0 amide bonds. The van der Waals surface area contributed by atoms with E-state index in [1.807, 2.05) is 0 Å². The second-order valence-corrected chi connectivity index (χ2v) is 16.1. The van der Waals surface area contributed by atoms with Crippen LogP contribution in [-0.4, -0.2) is 69.2 Å². The van der Waals surface area contributed by atoms with Gasteiger partial charge in [0.05, 0.1) is 25.0 Å². The molecule has 2 heterocycles. The molecule has 0 radical (unpaired) electrons. The van der Waals surface area contributed by atoms with Crippen molar-refractivity contribution < 1.29 is 48.3 Å². The minimum atomic E-state index is -2.98. The smallest absolute Gasteiger partial charge is 0.342 e. The zero-order valence-electron chi connectivity index (χ0n) is 32.8. The van der Waals surface area contributed by atoms with Crippen molar-refractivity contribution in [2.75, 3.05) is 7.11 Å². The molecule has 2 aliphatic carbocycles. The first kappa shape index (κ1) is 42.6. The average Bonchev–Trinajstić information content (AvgIpc) is 3.26. The summed E-state index contributed by atoms with van der Waals surface area (Å²) in [4.78, 5) is 53.9. The molecule has 2 saturated carbocycles. The fourth-order valence-electron chi connectivity index (χ4n) is 9.38. The van der Waals surface area contributed by atoms with Crippen molar-refractivity contribution in [2.24, 2.45) is 5.92 Å². The lowest BCUT2D eigenvalue weighted by atomic mass is 9.65. The molecule has 3 aliphatic rings. The van der Waals surface area contributed by atoms with Crippen LogP contribution < -0.4 is 10.4 Å². The molecule has 304 valence electrons. The number of carbonyl (C=O) groups excluding carboxylic acids is 3. The van der Waals surface area contributed by atoms with E-state index in [-0.39, 0.29) is 23.5 Å². The summed E-state index contributed by atoms with van der Waals surface area (Å²) in [5.41, 5.74) is -9.03. The van der Waals surface area contributed by atoms with E-state index in [1.165, 1.54) is 115 Å². The quantitative estimate of drug-likeness (QED) is 0.0520. The third-order valence-electron chi connectivity index (χ3n) is 12.2. The third-order valence-corrected chi connectivity index (χ3v) is 12.2. The number of carbonyl (C=O) groups is 3. The van der Waals surface area contributed by atoms with Crippen LogP contribution in [-0.2, 0) is 19.1 Å². The van der Waals surface area contributed by atoms with Crippen LogP contribution in [0.2, 0.25) is 0 Å². The second-order valence-electron chi connectivity index (χ2n) is 16.1. The Morgan fingerprint density at radius 1 is 0.764 bits per heavy atom. The van der Waals surface area contributed by atoms with Gasteiger partial charge in [0.15, 0.2) is 11.9 Å². The summed E-state index contributed by atoms with van der Waals surface area (Å²) in [5, 5.41) is 37.2. The maximum Gasteiger partial charge on any atom is 0.342 e. The Labute approximate surface area is 325 Å². The van der Waals surface area contributed by atoms with E-state index in [0.29, 0.717) is 6.42 Å². The van der Waals surface area contributed by atoms with Gasteiger partial charge in [0.25, 0.3) is 0 Å². The summed E-state index contributed by atoms with van der Waals surface area (Å²) in [5.74, 6) is -7.05. The molecule has 0 spiro atoms. The van der Waals surface area contributed by atoms with E-state index in [2.05, 4.69) is 6.92 Å². The standard InChI is InChI=1S/C44H62O11/c1-3-4-5-6-7-8-9-10-11-12-13-14-15-16-17-18-19-20-24-27-35(45)55-40-34-30-42(49)38(33-28-32(52-2)29-36(46)53-33)43(40,50)39(44(42,51)41(48)54-34)37(47)31-25-22-21-23-26-31/h21-23,25-26,28-29,34,38-40,49-51H,3-20,24,27,30H2,1-2H3/t34-,38-,39+,40-,42-,43+,44-/m1/s1. The average molecular weight is 767 g/mol. The lowest BCUT2D eigenvalue weighted by Crippen LogP contribution is -2.69. The molecule has 1 saturated heterocycles. The Morgan fingerprint density at radius 3 is 1.82 bits per heavy atom. The minimum absolute atomic E-state index is 0.0108. The van der Waals surface area contributed by atoms with Gasteiger partial charge in [-0.3, -0.25) is 9.59 Å². The lowest BCUT2D eigenvalue weighted by molar-refractivity contribution is -0.256. The Morgan fingerprint density at radius 2 is 1.29 bits per heavy atom. The molecule has 3 N–H and O–H groups in total. The summed E-state index contributed by atoms with van der Waals surface area (Å²) in [7, 11) is 1.30. The molecule has 11 heteroatoms. The zero-order valence-corrected chi connectivity index (χ0v) is 32.8. The van der Waals surface area contributed by atoms with E-state index >= 15 is 0 Å². The van der Waals surface area contributed by atoms with Crippen molar-refractivity contribution in [3.63, 3.8) is 0 Å². The number of benzene rings is 1. The molecule has 0 unspecified atom stereocenters. The summed E-state index contributed by atoms with van der Waals surface area (Å²) in [6, 6.07) is 9.98. The predicted molar refractivity (Wildman–Crippen MR) is 206 cm³/mol. The number of hydrogen-bond donors (Lipinski definition) is 3. The molecule has 55 heavy (non-hydrogen) atoms. The monoisotopic (exact) mass is 766 g/mol. The summed E-state index contributed by atoms with van der Waals surface area (Å²) in [6.07, 6.45) is 19.6. The molecule has 2 aromatic rings. The van der Waals surface area contributed by atoms with Gasteiger partial charge in [-0.25, -0.2) is 9.59 Å². The number of rotatable bonds is 25. The fraction of sp³-hybridized carbons (Fsp3) is 0.682. The van der Waals surface area contributed by atoms with Crippen molar-refractivity contribution in [2.45, 2.75) is 177 Å². The van der Waals surface area contributed by atoms with Crippen molar-refractivity contribution >= 4 is 17.7 Å². The van der Waals surface area contributed by atoms with Gasteiger partial charge in [0.1, 0.15) is 28.8 Å². The minimum Gasteiger partial charge on any atom is -0.496 e. The van der Waals surface area contributed by atoms with E-state index in [0.717, 1.165) is 31.7 Å². The molecule has 1 aromatic heterocycles. The fourth-order valence-corrected chi connectivity index (χ4v) is 9.38. The van der Waals surface area contributed by atoms with Crippen molar-refractivity contribution in [1.29, 1.82) is 0 Å². The maximum absolute atomic E-state index is 14.2. The van der Waals surface area contributed by atoms with Gasteiger partial charge in [-0.15, -0.1) is 0 Å². The van der Waals surface area contributed by atoms with Crippen molar-refractivity contribution in [3.8, 4) is 5.75 Å². The normalized spacial score (nSPS) is 27.9. The van der Waals surface area contributed by atoms with Crippen LogP contribution in [0.15, 0.2) is 51.7 Å². The molecule has 7 atom stereocenters. The van der Waals surface area contributed by atoms with Gasteiger partial charge in [-0.2, -0.15) is 0 Å². The molecule has 1 aliphatic heterocycles. The van der Waals surface area contributed by atoms with Crippen LogP contribution in [0.5, 0.6) is 5.75 Å². The molecular formula is C44H62O11. The summed E-state index contributed by atoms with van der Waals surface area (Å²) < 4.78 is 22.1. The number of ether oxygens (including phenoxy) is 3. The molecule has 1 aromatic carbocycles. The largest absolute Gasteiger partial charge is 0.496 e. The van der Waals surface area contributed by atoms with Gasteiger partial charge in [0.2, 0.25) is 5.60 Å². The van der Waals surface area contributed by atoms with E-state index in [9.17, 15) is 34.5 Å². The molecule has 5 rings (SSSR count). The molecule has 11 nitrogen and oxygen atoms in total. The van der Waals surface area contributed by atoms with Crippen LogP contribution in [0.4, 0.5) is 0 Å². The zero-order chi connectivity index (χ0) is 39.5. The highest BCUT2D eigenvalue weighted by atomic mass is 16.6. The van der Waals surface area contributed by atoms with Crippen LogP contribution >= 0.6 is 0 Å². The lowest BCUT2D eigenvalue weighted by Gasteiger charge is -2.51. The first-order chi connectivity index (χ1) is 26.5. The van der Waals surface area contributed by atoms with Crippen LogP contribution in [0.1, 0.15) is 164 Å². The van der Waals surface area contributed by atoms with Gasteiger partial charge >= 0.3 is 17.6 Å². The highest BCUT2D eigenvalue weighted by Crippen LogP contribution is 2.68. The predicted octanol–water partition coefficient (Wildman–Crippen LogP) is 7.50. The Balaban J connectivity index is 1.14. The van der Waals surface area contributed by atoms with E-state index < -0.39 is 70.6 Å². The van der Waals surface area contributed by atoms with Crippen molar-refractivity contribution in [1.82, 2.24) is 0 Å². The number of Topliss-reactive ketones (excluding diaryl/α,β-unsaturated/α-hetero) is 1. The molecule has 3 fully saturated rings. The highest BCUT2D eigenvalue weighted by molar-refractivity contribution is 6.05. The highest BCUT2D eigenvalue weighted by Gasteiger charge is 2.89. The Bertz CT molecular complexity index is 1620. The first-order valence-electron chi connectivity index (χ1n) is 20.9. The number of fused-ring (bicyclic) bond motifs is 2. The van der Waals surface area contributed by atoms with E-state index in [4.69, 9.17) is 18.6 Å². The van der Waals surface area contributed by atoms with E-state index in [1.54, 1.807) is 18.2 Å². The molecule has 3 bridgehead atoms. The van der Waals surface area contributed by atoms with Gasteiger partial charge < -0.3 is 33.9 Å². The second kappa shape index (κ2) is 19.6. The van der Waals surface area contributed by atoms with Gasteiger partial charge in [0, 0.05) is 24.5 Å². The number of aliphatic hydroxyl groups is 3. The maximum atomic E-state index is 14.2. The Hall–Kier alpha value is -3.54. The van der Waals surface area contributed by atoms with Crippen LogP contribution in [0, 0.1) is 5.92 Å². The van der Waals surface area contributed by atoms with Crippen LogP contribution in [0.3, 0.4) is 0 Å². The first-order valence-corrected chi connectivity index (χ1v) is 20.9. The SMILES string of the molecule is CCCCCCCCCCCCCCCCCCCCCC(=O)O[C@@H]1[C@H]2C[C@@]3(O)[C@@H](c4cc(OC)cc(=O)o4)[C@]1(O)[C@H](C(=O)c1ccccc1)[C@@]3(O)C(=O)O2. The number of esters is 2.